The number of aryl methyl sites for hydroxylation is 1. The molecule has 0 unspecified atom stereocenters. The van der Waals surface area contributed by atoms with Crippen LogP contribution < -0.4 is 5.56 Å². The van der Waals surface area contributed by atoms with E-state index in [1.54, 1.807) is 15.4 Å². The summed E-state index contributed by atoms with van der Waals surface area (Å²) in [7, 11) is 1.87. The van der Waals surface area contributed by atoms with Crippen molar-refractivity contribution in [2.24, 2.45) is 7.05 Å². The topological polar surface area (TPSA) is 39.8 Å². The molecule has 0 saturated heterocycles. The number of aromatic nitrogens is 3. The van der Waals surface area contributed by atoms with Crippen LogP contribution in [0.1, 0.15) is 0 Å². The summed E-state index contributed by atoms with van der Waals surface area (Å²) in [4.78, 5) is 13.1. The van der Waals surface area contributed by atoms with Gasteiger partial charge in [0.05, 0.1) is 11.6 Å². The lowest BCUT2D eigenvalue weighted by atomic mass is 10.0. The zero-order valence-electron chi connectivity index (χ0n) is 12.7. The molecule has 0 N–H and O–H groups in total. The van der Waals surface area contributed by atoms with Crippen molar-refractivity contribution < 1.29 is 0 Å². The Bertz CT molecular complexity index is 1050. The fourth-order valence-electron chi connectivity index (χ4n) is 2.88. The molecule has 2 heterocycles. The number of para-hydroxylation sites is 1. The average molecular weight is 301 g/mol. The Morgan fingerprint density at radius 3 is 2.52 bits per heavy atom. The van der Waals surface area contributed by atoms with Gasteiger partial charge in [0.25, 0.3) is 5.56 Å². The second-order valence-corrected chi connectivity index (χ2v) is 5.50. The fourth-order valence-corrected chi connectivity index (χ4v) is 2.88. The normalized spacial score (nSPS) is 11.0. The number of nitrogens with zero attached hydrogens (tertiary/aromatic N) is 3. The summed E-state index contributed by atoms with van der Waals surface area (Å²) in [6, 6.07) is 17.5. The molecule has 0 atom stereocenters. The Hall–Kier alpha value is -3.14. The summed E-state index contributed by atoms with van der Waals surface area (Å²) < 4.78 is 3.43. The third kappa shape index (κ3) is 2.25. The molecule has 0 aliphatic carbocycles. The first-order chi connectivity index (χ1) is 11.2. The standard InChI is InChI=1S/C19H15N3O/c1-21-13-15(12-20-21)17-9-5-6-14-10-11-22(19(23)18(14)17)16-7-3-2-4-8-16/h2-13H,1H3. The Kier molecular flexibility index (Phi) is 3.08. The van der Waals surface area contributed by atoms with Crippen LogP contribution in [-0.4, -0.2) is 14.3 Å². The van der Waals surface area contributed by atoms with Crippen LogP contribution >= 0.6 is 0 Å². The van der Waals surface area contributed by atoms with Gasteiger partial charge in [-0.05, 0) is 29.1 Å². The van der Waals surface area contributed by atoms with Gasteiger partial charge in [-0.2, -0.15) is 5.10 Å². The lowest BCUT2D eigenvalue weighted by Crippen LogP contribution is -2.18. The summed E-state index contributed by atoms with van der Waals surface area (Å²) in [5, 5.41) is 5.87. The number of pyridine rings is 1. The van der Waals surface area contributed by atoms with Gasteiger partial charge in [-0.25, -0.2) is 0 Å². The molecule has 23 heavy (non-hydrogen) atoms. The maximum Gasteiger partial charge on any atom is 0.263 e. The number of hydrogen-bond donors (Lipinski definition) is 0. The van der Waals surface area contributed by atoms with E-state index in [1.165, 1.54) is 0 Å². The third-order valence-corrected chi connectivity index (χ3v) is 3.98. The van der Waals surface area contributed by atoms with E-state index in [9.17, 15) is 4.79 Å². The third-order valence-electron chi connectivity index (χ3n) is 3.98. The molecule has 2 aromatic carbocycles. The largest absolute Gasteiger partial charge is 0.284 e. The van der Waals surface area contributed by atoms with Gasteiger partial charge in [0.2, 0.25) is 0 Å². The van der Waals surface area contributed by atoms with Gasteiger partial charge in [-0.3, -0.25) is 14.0 Å². The zero-order chi connectivity index (χ0) is 15.8. The highest BCUT2D eigenvalue weighted by Gasteiger charge is 2.11. The molecule has 0 spiro atoms. The highest BCUT2D eigenvalue weighted by molar-refractivity contribution is 5.95. The summed E-state index contributed by atoms with van der Waals surface area (Å²) in [6.07, 6.45) is 5.54. The smallest absolute Gasteiger partial charge is 0.263 e. The monoisotopic (exact) mass is 301 g/mol. The number of benzene rings is 2. The second kappa shape index (κ2) is 5.25. The van der Waals surface area contributed by atoms with Crippen LogP contribution in [-0.2, 0) is 7.05 Å². The van der Waals surface area contributed by atoms with Crippen LogP contribution in [0.25, 0.3) is 27.6 Å². The fraction of sp³-hybridized carbons (Fsp3) is 0.0526. The predicted molar refractivity (Wildman–Crippen MR) is 91.7 cm³/mol. The molecule has 4 nitrogen and oxygen atoms in total. The molecule has 0 fully saturated rings. The van der Waals surface area contributed by atoms with E-state index in [1.807, 2.05) is 74.0 Å². The summed E-state index contributed by atoms with van der Waals surface area (Å²) in [5.41, 5.74) is 2.69. The van der Waals surface area contributed by atoms with Crippen LogP contribution in [0.2, 0.25) is 0 Å². The molecule has 0 saturated carbocycles. The number of hydrogen-bond acceptors (Lipinski definition) is 2. The molecule has 4 aromatic rings. The van der Waals surface area contributed by atoms with Crippen molar-refractivity contribution in [3.63, 3.8) is 0 Å². The lowest BCUT2D eigenvalue weighted by molar-refractivity contribution is 0.768. The van der Waals surface area contributed by atoms with Crippen molar-refractivity contribution >= 4 is 10.8 Å². The highest BCUT2D eigenvalue weighted by atomic mass is 16.1. The Labute approximate surface area is 133 Å². The minimum absolute atomic E-state index is 0.0202. The molecular formula is C19H15N3O. The van der Waals surface area contributed by atoms with Crippen molar-refractivity contribution in [2.75, 3.05) is 0 Å². The molecule has 2 aromatic heterocycles. The van der Waals surface area contributed by atoms with Gasteiger partial charge in [0, 0.05) is 30.7 Å². The summed E-state index contributed by atoms with van der Waals surface area (Å²) in [5.74, 6) is 0. The highest BCUT2D eigenvalue weighted by Crippen LogP contribution is 2.26. The van der Waals surface area contributed by atoms with Crippen molar-refractivity contribution in [3.8, 4) is 16.8 Å². The van der Waals surface area contributed by atoms with Crippen molar-refractivity contribution in [3.05, 3.63) is 83.5 Å². The maximum atomic E-state index is 13.1. The van der Waals surface area contributed by atoms with Gasteiger partial charge < -0.3 is 0 Å². The predicted octanol–water partition coefficient (Wildman–Crippen LogP) is 3.39. The van der Waals surface area contributed by atoms with E-state index in [-0.39, 0.29) is 5.56 Å². The van der Waals surface area contributed by atoms with E-state index in [4.69, 9.17) is 0 Å². The Morgan fingerprint density at radius 1 is 0.957 bits per heavy atom. The van der Waals surface area contributed by atoms with E-state index < -0.39 is 0 Å². The van der Waals surface area contributed by atoms with Crippen LogP contribution in [0.15, 0.2) is 78.0 Å². The minimum atomic E-state index is -0.0202. The van der Waals surface area contributed by atoms with Gasteiger partial charge in [0.1, 0.15) is 0 Å². The van der Waals surface area contributed by atoms with Crippen LogP contribution in [0.3, 0.4) is 0 Å². The molecule has 4 rings (SSSR count). The molecule has 0 bridgehead atoms. The quantitative estimate of drug-likeness (QED) is 0.569. The SMILES string of the molecule is Cn1cc(-c2cccc3ccn(-c4ccccc4)c(=O)c23)cn1. The minimum Gasteiger partial charge on any atom is -0.284 e. The average Bonchev–Trinajstić information content (AvgIpc) is 3.02. The molecule has 0 amide bonds. The first kappa shape index (κ1) is 13.5. The van der Waals surface area contributed by atoms with Crippen molar-refractivity contribution in [1.82, 2.24) is 14.3 Å². The molecule has 0 aliphatic rings. The van der Waals surface area contributed by atoms with Gasteiger partial charge in [-0.1, -0.05) is 36.4 Å². The Morgan fingerprint density at radius 2 is 1.78 bits per heavy atom. The second-order valence-electron chi connectivity index (χ2n) is 5.50. The molecular weight excluding hydrogens is 286 g/mol. The molecule has 0 aliphatic heterocycles. The Balaban J connectivity index is 2.05. The summed E-state index contributed by atoms with van der Waals surface area (Å²) >= 11 is 0. The number of fused-ring (bicyclic) bond motifs is 1. The van der Waals surface area contributed by atoms with Crippen molar-refractivity contribution in [2.45, 2.75) is 0 Å². The van der Waals surface area contributed by atoms with Crippen LogP contribution in [0, 0.1) is 0 Å². The van der Waals surface area contributed by atoms with E-state index >= 15 is 0 Å². The summed E-state index contributed by atoms with van der Waals surface area (Å²) in [6.45, 7) is 0. The van der Waals surface area contributed by atoms with Gasteiger partial charge >= 0.3 is 0 Å². The number of rotatable bonds is 2. The zero-order valence-corrected chi connectivity index (χ0v) is 12.7. The van der Waals surface area contributed by atoms with Crippen molar-refractivity contribution in [1.29, 1.82) is 0 Å². The first-order valence-electron chi connectivity index (χ1n) is 7.43. The van der Waals surface area contributed by atoms with E-state index in [0.717, 1.165) is 22.2 Å². The van der Waals surface area contributed by atoms with Crippen LogP contribution in [0.4, 0.5) is 0 Å². The van der Waals surface area contributed by atoms with E-state index in [2.05, 4.69) is 5.10 Å². The molecule has 4 heteroatoms. The molecule has 112 valence electrons. The first-order valence-corrected chi connectivity index (χ1v) is 7.43. The molecule has 0 radical (unpaired) electrons. The van der Waals surface area contributed by atoms with Crippen LogP contribution in [0.5, 0.6) is 0 Å². The van der Waals surface area contributed by atoms with Gasteiger partial charge in [-0.15, -0.1) is 0 Å². The van der Waals surface area contributed by atoms with Gasteiger partial charge in [0.15, 0.2) is 0 Å². The van der Waals surface area contributed by atoms with E-state index in [0.29, 0.717) is 5.39 Å². The lowest BCUT2D eigenvalue weighted by Gasteiger charge is -2.09. The maximum absolute atomic E-state index is 13.1.